The monoisotopic (exact) mass is 247 g/mol. The molecule has 1 aromatic carbocycles. The van der Waals surface area contributed by atoms with Gasteiger partial charge in [-0.15, -0.1) is 11.3 Å². The third kappa shape index (κ3) is 3.40. The maximum absolute atomic E-state index is 4.69. The van der Waals surface area contributed by atoms with Gasteiger partial charge in [0.25, 0.3) is 0 Å². The lowest BCUT2D eigenvalue weighted by Crippen LogP contribution is -1.85. The summed E-state index contributed by atoms with van der Waals surface area (Å²) in [4.78, 5) is 6.12. The van der Waals surface area contributed by atoms with Crippen molar-refractivity contribution in [2.75, 3.05) is 0 Å². The smallest absolute Gasteiger partial charge is 0.123 e. The first-order valence-corrected chi connectivity index (χ1v) is 7.20. The van der Waals surface area contributed by atoms with E-state index in [4.69, 9.17) is 0 Å². The number of aryl methyl sites for hydroxylation is 2. The van der Waals surface area contributed by atoms with Crippen LogP contribution in [0.1, 0.15) is 38.3 Å². The SMILES string of the molecule is CC.CCc1nc(-c2ccccc2)sc1CC. The molecule has 0 aliphatic heterocycles. The van der Waals surface area contributed by atoms with Crippen LogP contribution in [0.3, 0.4) is 0 Å². The first-order chi connectivity index (χ1) is 8.35. The van der Waals surface area contributed by atoms with E-state index in [1.54, 1.807) is 0 Å². The van der Waals surface area contributed by atoms with Crippen molar-refractivity contribution in [3.05, 3.63) is 40.9 Å². The third-order valence-corrected chi connectivity index (χ3v) is 3.75. The van der Waals surface area contributed by atoms with Crippen LogP contribution in [-0.4, -0.2) is 4.98 Å². The van der Waals surface area contributed by atoms with Crippen LogP contribution in [0.2, 0.25) is 0 Å². The second-order valence-corrected chi connectivity index (χ2v) is 4.55. The Morgan fingerprint density at radius 3 is 2.12 bits per heavy atom. The van der Waals surface area contributed by atoms with E-state index in [9.17, 15) is 0 Å². The van der Waals surface area contributed by atoms with Crippen molar-refractivity contribution < 1.29 is 0 Å². The highest BCUT2D eigenvalue weighted by Gasteiger charge is 2.08. The minimum Gasteiger partial charge on any atom is -0.241 e. The highest BCUT2D eigenvalue weighted by atomic mass is 32.1. The predicted molar refractivity (Wildman–Crippen MR) is 77.7 cm³/mol. The second-order valence-electron chi connectivity index (χ2n) is 3.46. The molecule has 0 radical (unpaired) electrons. The molecule has 0 atom stereocenters. The quantitative estimate of drug-likeness (QED) is 0.747. The minimum absolute atomic E-state index is 1.03. The normalized spacial score (nSPS) is 9.65. The molecule has 0 spiro atoms. The number of thiazole rings is 1. The largest absolute Gasteiger partial charge is 0.241 e. The molecule has 0 aliphatic carbocycles. The Morgan fingerprint density at radius 2 is 1.65 bits per heavy atom. The molecule has 0 unspecified atom stereocenters. The first-order valence-electron chi connectivity index (χ1n) is 6.39. The second kappa shape index (κ2) is 7.23. The number of aromatic nitrogens is 1. The molecule has 1 nitrogen and oxygen atoms in total. The van der Waals surface area contributed by atoms with Gasteiger partial charge in [0.15, 0.2) is 0 Å². The van der Waals surface area contributed by atoms with Crippen LogP contribution in [-0.2, 0) is 12.8 Å². The summed E-state index contributed by atoms with van der Waals surface area (Å²) in [6.45, 7) is 8.37. The molecule has 0 saturated heterocycles. The van der Waals surface area contributed by atoms with Crippen molar-refractivity contribution in [3.63, 3.8) is 0 Å². The third-order valence-electron chi connectivity index (χ3n) is 2.45. The average Bonchev–Trinajstić information content (AvgIpc) is 2.85. The van der Waals surface area contributed by atoms with Gasteiger partial charge in [-0.1, -0.05) is 58.0 Å². The van der Waals surface area contributed by atoms with Crippen molar-refractivity contribution in [1.29, 1.82) is 0 Å². The molecule has 0 bridgehead atoms. The maximum Gasteiger partial charge on any atom is 0.123 e. The van der Waals surface area contributed by atoms with Crippen LogP contribution in [0.15, 0.2) is 30.3 Å². The fourth-order valence-electron chi connectivity index (χ4n) is 1.64. The lowest BCUT2D eigenvalue weighted by Gasteiger charge is -1.93. The number of hydrogen-bond acceptors (Lipinski definition) is 2. The van der Waals surface area contributed by atoms with E-state index in [0.29, 0.717) is 0 Å². The summed E-state index contributed by atoms with van der Waals surface area (Å²) in [6, 6.07) is 10.4. The summed E-state index contributed by atoms with van der Waals surface area (Å²) < 4.78 is 0. The van der Waals surface area contributed by atoms with E-state index in [1.165, 1.54) is 16.1 Å². The highest BCUT2D eigenvalue weighted by molar-refractivity contribution is 7.15. The fourth-order valence-corrected chi connectivity index (χ4v) is 2.74. The lowest BCUT2D eigenvalue weighted by atomic mass is 10.2. The van der Waals surface area contributed by atoms with Gasteiger partial charge >= 0.3 is 0 Å². The van der Waals surface area contributed by atoms with Crippen LogP contribution in [0.4, 0.5) is 0 Å². The molecule has 0 saturated carbocycles. The standard InChI is InChI=1S/C13H15NS.C2H6/c1-3-11-12(4-2)15-13(14-11)10-8-6-5-7-9-10;1-2/h5-9H,3-4H2,1-2H3;1-2H3. The van der Waals surface area contributed by atoms with Crippen molar-refractivity contribution in [3.8, 4) is 10.6 Å². The number of nitrogens with zero attached hydrogens (tertiary/aromatic N) is 1. The van der Waals surface area contributed by atoms with Gasteiger partial charge < -0.3 is 0 Å². The summed E-state index contributed by atoms with van der Waals surface area (Å²) in [7, 11) is 0. The van der Waals surface area contributed by atoms with Gasteiger partial charge in [0.05, 0.1) is 5.69 Å². The molecule has 2 aromatic rings. The van der Waals surface area contributed by atoms with Crippen molar-refractivity contribution in [2.24, 2.45) is 0 Å². The maximum atomic E-state index is 4.69. The van der Waals surface area contributed by atoms with Gasteiger partial charge in [-0.2, -0.15) is 0 Å². The topological polar surface area (TPSA) is 12.9 Å². The first kappa shape index (κ1) is 13.9. The molecule has 2 rings (SSSR count). The zero-order chi connectivity index (χ0) is 12.7. The van der Waals surface area contributed by atoms with E-state index in [-0.39, 0.29) is 0 Å². The Kier molecular flexibility index (Phi) is 5.92. The zero-order valence-corrected chi connectivity index (χ0v) is 12.0. The van der Waals surface area contributed by atoms with E-state index in [0.717, 1.165) is 17.8 Å². The molecule has 2 heteroatoms. The molecular formula is C15H21NS. The Morgan fingerprint density at radius 1 is 1.00 bits per heavy atom. The number of rotatable bonds is 3. The Labute approximate surface area is 109 Å². The molecule has 1 aromatic heterocycles. The van der Waals surface area contributed by atoms with Crippen LogP contribution in [0, 0.1) is 0 Å². The van der Waals surface area contributed by atoms with Gasteiger partial charge in [0.1, 0.15) is 5.01 Å². The summed E-state index contributed by atoms with van der Waals surface area (Å²) >= 11 is 1.83. The van der Waals surface area contributed by atoms with E-state index < -0.39 is 0 Å². The van der Waals surface area contributed by atoms with Gasteiger partial charge in [0, 0.05) is 10.4 Å². The molecular weight excluding hydrogens is 226 g/mol. The fraction of sp³-hybridized carbons (Fsp3) is 0.400. The summed E-state index contributed by atoms with van der Waals surface area (Å²) in [5.41, 5.74) is 2.50. The Hall–Kier alpha value is -1.15. The summed E-state index contributed by atoms with van der Waals surface area (Å²) in [5, 5.41) is 1.16. The van der Waals surface area contributed by atoms with Crippen molar-refractivity contribution in [2.45, 2.75) is 40.5 Å². The number of benzene rings is 1. The Bertz CT molecular complexity index is 410. The molecule has 0 fully saturated rings. The zero-order valence-electron chi connectivity index (χ0n) is 11.2. The van der Waals surface area contributed by atoms with Crippen LogP contribution in [0.25, 0.3) is 10.6 Å². The molecule has 0 aliphatic rings. The van der Waals surface area contributed by atoms with Gasteiger partial charge in [-0.25, -0.2) is 4.98 Å². The molecule has 17 heavy (non-hydrogen) atoms. The van der Waals surface area contributed by atoms with Gasteiger partial charge in [-0.3, -0.25) is 0 Å². The molecule has 0 N–H and O–H groups in total. The molecule has 1 heterocycles. The summed E-state index contributed by atoms with van der Waals surface area (Å²) in [6.07, 6.45) is 2.13. The van der Waals surface area contributed by atoms with E-state index in [2.05, 4.69) is 43.1 Å². The van der Waals surface area contributed by atoms with Crippen LogP contribution < -0.4 is 0 Å². The van der Waals surface area contributed by atoms with Crippen LogP contribution >= 0.6 is 11.3 Å². The Balaban J connectivity index is 0.000000686. The van der Waals surface area contributed by atoms with Crippen molar-refractivity contribution in [1.82, 2.24) is 4.98 Å². The van der Waals surface area contributed by atoms with Gasteiger partial charge in [0.2, 0.25) is 0 Å². The van der Waals surface area contributed by atoms with Crippen molar-refractivity contribution >= 4 is 11.3 Å². The van der Waals surface area contributed by atoms with Gasteiger partial charge in [-0.05, 0) is 12.8 Å². The lowest BCUT2D eigenvalue weighted by molar-refractivity contribution is 1.01. The molecule has 0 amide bonds. The summed E-state index contributed by atoms with van der Waals surface area (Å²) in [5.74, 6) is 0. The molecule has 92 valence electrons. The predicted octanol–water partition coefficient (Wildman–Crippen LogP) is 4.96. The highest BCUT2D eigenvalue weighted by Crippen LogP contribution is 2.28. The van der Waals surface area contributed by atoms with E-state index in [1.807, 2.05) is 31.3 Å². The minimum atomic E-state index is 1.03. The number of hydrogen-bond donors (Lipinski definition) is 0. The van der Waals surface area contributed by atoms with E-state index >= 15 is 0 Å². The average molecular weight is 247 g/mol. The van der Waals surface area contributed by atoms with Crippen LogP contribution in [0.5, 0.6) is 0 Å².